The zero-order valence-corrected chi connectivity index (χ0v) is 11.8. The van der Waals surface area contributed by atoms with Gasteiger partial charge in [0.15, 0.2) is 0 Å². The van der Waals surface area contributed by atoms with Crippen molar-refractivity contribution in [2.75, 3.05) is 13.2 Å². The Morgan fingerprint density at radius 3 is 2.56 bits per heavy atom. The molecule has 0 saturated carbocycles. The van der Waals surface area contributed by atoms with Gasteiger partial charge in [0.2, 0.25) is 0 Å². The van der Waals surface area contributed by atoms with E-state index in [2.05, 4.69) is 38.1 Å². The predicted octanol–water partition coefficient (Wildman–Crippen LogP) is 3.15. The molecular formula is C16H27NO. The molecule has 18 heavy (non-hydrogen) atoms. The summed E-state index contributed by atoms with van der Waals surface area (Å²) in [5, 5.41) is 9.80. The van der Waals surface area contributed by atoms with Crippen LogP contribution in [0, 0.1) is 6.92 Å². The highest BCUT2D eigenvalue weighted by Crippen LogP contribution is 2.29. The fraction of sp³-hybridized carbons (Fsp3) is 0.625. The zero-order chi connectivity index (χ0) is 13.4. The summed E-state index contributed by atoms with van der Waals surface area (Å²) in [4.78, 5) is 0. The standard InChI is InChI=1S/C16H27NO/c1-3-4-5-6-10-16(12-17,13-18)15-9-7-8-14(2)11-15/h7-9,11,18H,3-6,10,12-13,17H2,1-2H3. The van der Waals surface area contributed by atoms with E-state index in [4.69, 9.17) is 5.73 Å². The summed E-state index contributed by atoms with van der Waals surface area (Å²) in [7, 11) is 0. The van der Waals surface area contributed by atoms with Crippen molar-refractivity contribution in [2.45, 2.75) is 51.4 Å². The van der Waals surface area contributed by atoms with E-state index in [0.29, 0.717) is 6.54 Å². The third-order valence-corrected chi connectivity index (χ3v) is 3.83. The Bertz CT molecular complexity index is 345. The Balaban J connectivity index is 2.79. The fourth-order valence-electron chi connectivity index (χ4n) is 2.46. The van der Waals surface area contributed by atoms with Gasteiger partial charge in [0, 0.05) is 12.0 Å². The number of aliphatic hydroxyl groups is 1. The van der Waals surface area contributed by atoms with Gasteiger partial charge >= 0.3 is 0 Å². The second-order valence-electron chi connectivity index (χ2n) is 5.32. The minimum Gasteiger partial charge on any atom is -0.395 e. The molecule has 0 amide bonds. The molecule has 1 unspecified atom stereocenters. The monoisotopic (exact) mass is 249 g/mol. The smallest absolute Gasteiger partial charge is 0.0540 e. The molecule has 0 aliphatic carbocycles. The third kappa shape index (κ3) is 3.82. The average Bonchev–Trinajstić information content (AvgIpc) is 2.40. The van der Waals surface area contributed by atoms with Crippen molar-refractivity contribution in [3.05, 3.63) is 35.4 Å². The van der Waals surface area contributed by atoms with Crippen molar-refractivity contribution in [3.8, 4) is 0 Å². The minimum absolute atomic E-state index is 0.138. The first kappa shape index (κ1) is 15.2. The van der Waals surface area contributed by atoms with E-state index in [1.54, 1.807) is 0 Å². The normalized spacial score (nSPS) is 14.4. The molecular weight excluding hydrogens is 222 g/mol. The Labute approximate surface area is 111 Å². The van der Waals surface area contributed by atoms with E-state index in [9.17, 15) is 5.11 Å². The summed E-state index contributed by atoms with van der Waals surface area (Å²) < 4.78 is 0. The van der Waals surface area contributed by atoms with Crippen molar-refractivity contribution >= 4 is 0 Å². The lowest BCUT2D eigenvalue weighted by molar-refractivity contribution is 0.184. The predicted molar refractivity (Wildman–Crippen MR) is 77.8 cm³/mol. The SMILES string of the molecule is CCCCCCC(CN)(CO)c1cccc(C)c1. The number of rotatable bonds is 8. The molecule has 2 heteroatoms. The van der Waals surface area contributed by atoms with E-state index in [0.717, 1.165) is 12.8 Å². The van der Waals surface area contributed by atoms with Gasteiger partial charge in [0.25, 0.3) is 0 Å². The quantitative estimate of drug-likeness (QED) is 0.695. The third-order valence-electron chi connectivity index (χ3n) is 3.83. The molecule has 1 atom stereocenters. The first-order valence-corrected chi connectivity index (χ1v) is 7.06. The number of nitrogens with two attached hydrogens (primary N) is 1. The summed E-state index contributed by atoms with van der Waals surface area (Å²) in [6.07, 6.45) is 5.84. The van der Waals surface area contributed by atoms with Crippen LogP contribution in [0.1, 0.15) is 50.2 Å². The van der Waals surface area contributed by atoms with E-state index >= 15 is 0 Å². The Kier molecular flexibility index (Phi) is 6.37. The van der Waals surface area contributed by atoms with Gasteiger partial charge in [-0.3, -0.25) is 0 Å². The Hall–Kier alpha value is -0.860. The van der Waals surface area contributed by atoms with Crippen molar-refractivity contribution < 1.29 is 5.11 Å². The molecule has 1 rings (SSSR count). The molecule has 0 saturated heterocycles. The lowest BCUT2D eigenvalue weighted by Crippen LogP contribution is -2.38. The van der Waals surface area contributed by atoms with Crippen LogP contribution in [-0.4, -0.2) is 18.3 Å². The fourth-order valence-corrected chi connectivity index (χ4v) is 2.46. The summed E-state index contributed by atoms with van der Waals surface area (Å²) in [5.74, 6) is 0. The highest BCUT2D eigenvalue weighted by Gasteiger charge is 2.29. The summed E-state index contributed by atoms with van der Waals surface area (Å²) in [5.41, 5.74) is 8.12. The number of aliphatic hydroxyl groups excluding tert-OH is 1. The van der Waals surface area contributed by atoms with Gasteiger partial charge in [-0.15, -0.1) is 0 Å². The molecule has 102 valence electrons. The zero-order valence-electron chi connectivity index (χ0n) is 11.8. The van der Waals surface area contributed by atoms with Crippen LogP contribution in [0.2, 0.25) is 0 Å². The molecule has 0 fully saturated rings. The molecule has 0 bridgehead atoms. The van der Waals surface area contributed by atoms with Crippen molar-refractivity contribution in [1.82, 2.24) is 0 Å². The maximum Gasteiger partial charge on any atom is 0.0540 e. The van der Waals surface area contributed by atoms with Gasteiger partial charge in [-0.25, -0.2) is 0 Å². The second-order valence-corrected chi connectivity index (χ2v) is 5.32. The van der Waals surface area contributed by atoms with Crippen LogP contribution in [0.15, 0.2) is 24.3 Å². The van der Waals surface area contributed by atoms with Crippen LogP contribution in [0.25, 0.3) is 0 Å². The van der Waals surface area contributed by atoms with E-state index < -0.39 is 0 Å². The first-order chi connectivity index (χ1) is 8.68. The molecule has 0 aromatic heterocycles. The topological polar surface area (TPSA) is 46.2 Å². The lowest BCUT2D eigenvalue weighted by Gasteiger charge is -2.31. The van der Waals surface area contributed by atoms with Crippen LogP contribution in [0.5, 0.6) is 0 Å². The van der Waals surface area contributed by atoms with Gasteiger partial charge in [-0.05, 0) is 18.9 Å². The number of unbranched alkanes of at least 4 members (excludes halogenated alkanes) is 3. The molecule has 0 aliphatic rings. The maximum absolute atomic E-state index is 9.80. The summed E-state index contributed by atoms with van der Waals surface area (Å²) in [6, 6.07) is 8.38. The first-order valence-electron chi connectivity index (χ1n) is 7.06. The van der Waals surface area contributed by atoms with Crippen LogP contribution in [0.3, 0.4) is 0 Å². The molecule has 0 spiro atoms. The van der Waals surface area contributed by atoms with Crippen molar-refractivity contribution in [1.29, 1.82) is 0 Å². The molecule has 1 aromatic rings. The molecule has 2 nitrogen and oxygen atoms in total. The van der Waals surface area contributed by atoms with Crippen LogP contribution in [0.4, 0.5) is 0 Å². The van der Waals surface area contributed by atoms with Crippen LogP contribution in [-0.2, 0) is 5.41 Å². The van der Waals surface area contributed by atoms with E-state index in [-0.39, 0.29) is 12.0 Å². The van der Waals surface area contributed by atoms with Crippen LogP contribution >= 0.6 is 0 Å². The second kappa shape index (κ2) is 7.55. The molecule has 0 aliphatic heterocycles. The minimum atomic E-state index is -0.250. The van der Waals surface area contributed by atoms with Crippen molar-refractivity contribution in [3.63, 3.8) is 0 Å². The summed E-state index contributed by atoms with van der Waals surface area (Å²) in [6.45, 7) is 4.94. The molecule has 1 aromatic carbocycles. The lowest BCUT2D eigenvalue weighted by atomic mass is 9.76. The molecule has 3 N–H and O–H groups in total. The largest absolute Gasteiger partial charge is 0.395 e. The number of hydrogen-bond donors (Lipinski definition) is 2. The molecule has 0 heterocycles. The number of hydrogen-bond acceptors (Lipinski definition) is 2. The van der Waals surface area contributed by atoms with E-state index in [1.807, 2.05) is 0 Å². The average molecular weight is 249 g/mol. The Morgan fingerprint density at radius 2 is 2.00 bits per heavy atom. The summed E-state index contributed by atoms with van der Waals surface area (Å²) >= 11 is 0. The number of aryl methyl sites for hydroxylation is 1. The maximum atomic E-state index is 9.80. The van der Waals surface area contributed by atoms with E-state index in [1.165, 1.54) is 30.4 Å². The molecule has 0 radical (unpaired) electrons. The Morgan fingerprint density at radius 1 is 1.22 bits per heavy atom. The van der Waals surface area contributed by atoms with Crippen molar-refractivity contribution in [2.24, 2.45) is 5.73 Å². The number of benzene rings is 1. The van der Waals surface area contributed by atoms with Crippen LogP contribution < -0.4 is 5.73 Å². The van der Waals surface area contributed by atoms with Gasteiger partial charge in [-0.1, -0.05) is 62.4 Å². The van der Waals surface area contributed by atoms with Gasteiger partial charge in [0.05, 0.1) is 6.61 Å². The van der Waals surface area contributed by atoms with Gasteiger partial charge < -0.3 is 10.8 Å². The van der Waals surface area contributed by atoms with Gasteiger partial charge in [0.1, 0.15) is 0 Å². The highest BCUT2D eigenvalue weighted by atomic mass is 16.3. The highest BCUT2D eigenvalue weighted by molar-refractivity contribution is 5.30. The van der Waals surface area contributed by atoms with Gasteiger partial charge in [-0.2, -0.15) is 0 Å².